The maximum atomic E-state index is 11.7. The van der Waals surface area contributed by atoms with E-state index in [1.807, 2.05) is 0 Å². The molecule has 3 atom stereocenters. The highest BCUT2D eigenvalue weighted by Gasteiger charge is 2.23. The van der Waals surface area contributed by atoms with Gasteiger partial charge in [0.1, 0.15) is 12.2 Å². The van der Waals surface area contributed by atoms with E-state index in [0.29, 0.717) is 0 Å². The van der Waals surface area contributed by atoms with Crippen molar-refractivity contribution in [2.45, 2.75) is 24.7 Å². The Hall–Kier alpha value is -0.560. The van der Waals surface area contributed by atoms with Gasteiger partial charge in [-0.3, -0.25) is 4.79 Å². The summed E-state index contributed by atoms with van der Waals surface area (Å²) in [4.78, 5) is 9.82. The molecule has 0 aromatic heterocycles. The first-order chi connectivity index (χ1) is 5.49. The largest absolute Gasteiger partial charge is 0.394 e. The predicted molar refractivity (Wildman–Crippen MR) is 35.8 cm³/mol. The third-order valence-corrected chi connectivity index (χ3v) is 1.36. The second kappa shape index (κ2) is 5.15. The van der Waals surface area contributed by atoms with Crippen molar-refractivity contribution in [3.63, 3.8) is 0 Å². The van der Waals surface area contributed by atoms with Crippen molar-refractivity contribution >= 4 is 6.04 Å². The lowest BCUT2D eigenvalue weighted by molar-refractivity contribution is -0.141. The van der Waals surface area contributed by atoms with Crippen LogP contribution in [0.2, 0.25) is 0 Å². The molecule has 0 bridgehead atoms. The number of aliphatic hydroxyl groups is 4. The normalized spacial score (nSPS) is 18.4. The standard InChI is InChI=1S/C6H11FO5/c7-6(12)4(10)1-3(9)5(11)2-8/h3-5,8-11H,1-2H2. The summed E-state index contributed by atoms with van der Waals surface area (Å²) in [7, 11) is 0. The summed E-state index contributed by atoms with van der Waals surface area (Å²) >= 11 is 0. The number of carbonyl (C=O) groups excluding carboxylic acids is 1. The Balaban J connectivity index is 3.83. The minimum absolute atomic E-state index is 0.628. The lowest BCUT2D eigenvalue weighted by Crippen LogP contribution is -2.34. The lowest BCUT2D eigenvalue weighted by Gasteiger charge is -2.16. The zero-order chi connectivity index (χ0) is 9.72. The molecule has 12 heavy (non-hydrogen) atoms. The summed E-state index contributed by atoms with van der Waals surface area (Å²) in [6, 6.07) is -1.97. The van der Waals surface area contributed by atoms with Crippen LogP contribution in [0.4, 0.5) is 4.39 Å². The molecule has 0 aliphatic rings. The predicted octanol–water partition coefficient (Wildman–Crippen LogP) is -2.05. The summed E-state index contributed by atoms with van der Waals surface area (Å²) < 4.78 is 11.7. The van der Waals surface area contributed by atoms with Gasteiger partial charge in [-0.25, -0.2) is 0 Å². The van der Waals surface area contributed by atoms with E-state index in [2.05, 4.69) is 0 Å². The highest BCUT2D eigenvalue weighted by Crippen LogP contribution is 2.04. The molecule has 72 valence electrons. The molecule has 4 N–H and O–H groups in total. The van der Waals surface area contributed by atoms with Gasteiger partial charge < -0.3 is 20.4 Å². The summed E-state index contributed by atoms with van der Waals surface area (Å²) in [6.45, 7) is -0.714. The molecule has 0 saturated carbocycles. The van der Waals surface area contributed by atoms with E-state index >= 15 is 0 Å². The molecular formula is C6H11FO5. The van der Waals surface area contributed by atoms with Crippen molar-refractivity contribution in [2.75, 3.05) is 6.61 Å². The van der Waals surface area contributed by atoms with Gasteiger partial charge in [-0.1, -0.05) is 0 Å². The molecule has 0 saturated heterocycles. The van der Waals surface area contributed by atoms with Gasteiger partial charge >= 0.3 is 6.04 Å². The minimum atomic E-state index is -1.97. The molecule has 0 heterocycles. The highest BCUT2D eigenvalue weighted by atomic mass is 19.1. The lowest BCUT2D eigenvalue weighted by atomic mass is 10.1. The summed E-state index contributed by atoms with van der Waals surface area (Å²) in [5.74, 6) is 0. The first-order valence-electron chi connectivity index (χ1n) is 3.33. The Kier molecular flexibility index (Phi) is 4.91. The monoisotopic (exact) mass is 182 g/mol. The van der Waals surface area contributed by atoms with Crippen molar-refractivity contribution in [1.29, 1.82) is 0 Å². The van der Waals surface area contributed by atoms with E-state index < -0.39 is 37.4 Å². The van der Waals surface area contributed by atoms with Crippen molar-refractivity contribution in [1.82, 2.24) is 0 Å². The van der Waals surface area contributed by atoms with Crippen LogP contribution in [0.3, 0.4) is 0 Å². The molecule has 0 radical (unpaired) electrons. The fraction of sp³-hybridized carbons (Fsp3) is 0.833. The van der Waals surface area contributed by atoms with E-state index in [4.69, 9.17) is 20.4 Å². The Morgan fingerprint density at radius 2 is 1.75 bits per heavy atom. The summed E-state index contributed by atoms with van der Waals surface area (Å²) in [5.41, 5.74) is 0. The van der Waals surface area contributed by atoms with Crippen LogP contribution in [0.15, 0.2) is 0 Å². The van der Waals surface area contributed by atoms with Crippen molar-refractivity contribution < 1.29 is 29.6 Å². The van der Waals surface area contributed by atoms with Gasteiger partial charge in [0.05, 0.1) is 12.7 Å². The van der Waals surface area contributed by atoms with Gasteiger partial charge in [0, 0.05) is 6.42 Å². The molecule has 0 aliphatic heterocycles. The first kappa shape index (κ1) is 11.4. The average Bonchev–Trinajstić information content (AvgIpc) is 2.02. The quantitative estimate of drug-likeness (QED) is 0.367. The van der Waals surface area contributed by atoms with Gasteiger partial charge in [-0.15, -0.1) is 0 Å². The third-order valence-electron chi connectivity index (χ3n) is 1.36. The Bertz CT molecular complexity index is 151. The zero-order valence-electron chi connectivity index (χ0n) is 6.22. The second-order valence-corrected chi connectivity index (χ2v) is 2.37. The maximum Gasteiger partial charge on any atom is 0.329 e. The van der Waals surface area contributed by atoms with Crippen LogP contribution in [-0.4, -0.2) is 51.4 Å². The van der Waals surface area contributed by atoms with Gasteiger partial charge in [-0.05, 0) is 0 Å². The fourth-order valence-electron chi connectivity index (χ4n) is 0.600. The van der Waals surface area contributed by atoms with Gasteiger partial charge in [0.25, 0.3) is 0 Å². The van der Waals surface area contributed by atoms with E-state index in [1.165, 1.54) is 0 Å². The molecule has 0 amide bonds. The van der Waals surface area contributed by atoms with Crippen LogP contribution in [0.25, 0.3) is 0 Å². The number of halogens is 1. The number of hydrogen-bond donors (Lipinski definition) is 4. The summed E-state index contributed by atoms with van der Waals surface area (Å²) in [6.07, 6.45) is -5.55. The van der Waals surface area contributed by atoms with Crippen LogP contribution < -0.4 is 0 Å². The SMILES string of the molecule is O=C(F)C(O)CC(O)C(O)CO. The molecule has 6 heteroatoms. The number of carbonyl (C=O) groups is 1. The van der Waals surface area contributed by atoms with Crippen LogP contribution in [-0.2, 0) is 4.79 Å². The maximum absolute atomic E-state index is 11.7. The van der Waals surface area contributed by atoms with Crippen LogP contribution >= 0.6 is 0 Å². The Labute approximate surface area is 68.1 Å². The fourth-order valence-corrected chi connectivity index (χ4v) is 0.600. The van der Waals surface area contributed by atoms with Crippen molar-refractivity contribution in [2.24, 2.45) is 0 Å². The molecular weight excluding hydrogens is 171 g/mol. The highest BCUT2D eigenvalue weighted by molar-refractivity contribution is 5.72. The number of rotatable bonds is 5. The molecule has 0 aromatic carbocycles. The van der Waals surface area contributed by atoms with Crippen molar-refractivity contribution in [3.8, 4) is 0 Å². The minimum Gasteiger partial charge on any atom is -0.394 e. The van der Waals surface area contributed by atoms with Crippen LogP contribution in [0.1, 0.15) is 6.42 Å². The smallest absolute Gasteiger partial charge is 0.329 e. The van der Waals surface area contributed by atoms with Crippen LogP contribution in [0, 0.1) is 0 Å². The van der Waals surface area contributed by atoms with Gasteiger partial charge in [0.2, 0.25) is 0 Å². The van der Waals surface area contributed by atoms with Crippen LogP contribution in [0.5, 0.6) is 0 Å². The summed E-state index contributed by atoms with van der Waals surface area (Å²) in [5, 5.41) is 34.4. The molecule has 0 spiro atoms. The van der Waals surface area contributed by atoms with Gasteiger partial charge in [0.15, 0.2) is 0 Å². The number of aliphatic hydroxyl groups excluding tert-OH is 4. The zero-order valence-corrected chi connectivity index (χ0v) is 6.22. The van der Waals surface area contributed by atoms with E-state index in [-0.39, 0.29) is 0 Å². The molecule has 0 aromatic rings. The number of hydrogen-bond acceptors (Lipinski definition) is 5. The molecule has 0 aliphatic carbocycles. The molecule has 3 unspecified atom stereocenters. The average molecular weight is 182 g/mol. The van der Waals surface area contributed by atoms with E-state index in [9.17, 15) is 9.18 Å². The Morgan fingerprint density at radius 1 is 1.25 bits per heavy atom. The van der Waals surface area contributed by atoms with E-state index in [1.54, 1.807) is 0 Å². The first-order valence-corrected chi connectivity index (χ1v) is 3.33. The topological polar surface area (TPSA) is 98.0 Å². The molecule has 5 nitrogen and oxygen atoms in total. The van der Waals surface area contributed by atoms with Gasteiger partial charge in [-0.2, -0.15) is 4.39 Å². The Morgan fingerprint density at radius 3 is 2.08 bits per heavy atom. The van der Waals surface area contributed by atoms with Crippen molar-refractivity contribution in [3.05, 3.63) is 0 Å². The molecule has 0 fully saturated rings. The third kappa shape index (κ3) is 3.72. The van der Waals surface area contributed by atoms with E-state index in [0.717, 1.165) is 0 Å². The molecule has 0 rings (SSSR count). The second-order valence-electron chi connectivity index (χ2n) is 2.37.